The summed E-state index contributed by atoms with van der Waals surface area (Å²) in [5.74, 6) is -0.0320. The van der Waals surface area contributed by atoms with Crippen molar-refractivity contribution in [3.8, 4) is 0 Å². The lowest BCUT2D eigenvalue weighted by atomic mass is 10.0. The second-order valence-electron chi connectivity index (χ2n) is 12.7. The van der Waals surface area contributed by atoms with Crippen molar-refractivity contribution in [3.63, 3.8) is 0 Å². The van der Waals surface area contributed by atoms with Gasteiger partial charge in [-0.2, -0.15) is 0 Å². The number of carbonyl (C=O) groups is 1. The van der Waals surface area contributed by atoms with E-state index in [0.717, 1.165) is 25.7 Å². The topological polar surface area (TPSA) is 69.6 Å². The van der Waals surface area contributed by atoms with Crippen LogP contribution in [-0.4, -0.2) is 34.9 Å². The van der Waals surface area contributed by atoms with Gasteiger partial charge in [-0.15, -0.1) is 0 Å². The average molecular weight is 568 g/mol. The van der Waals surface area contributed by atoms with E-state index < -0.39 is 12.1 Å². The van der Waals surface area contributed by atoms with Gasteiger partial charge in [0.25, 0.3) is 0 Å². The van der Waals surface area contributed by atoms with Crippen LogP contribution in [0.4, 0.5) is 0 Å². The number of hydrogen-bond donors (Lipinski definition) is 3. The van der Waals surface area contributed by atoms with E-state index in [-0.39, 0.29) is 12.5 Å². The van der Waals surface area contributed by atoms with Gasteiger partial charge in [0.1, 0.15) is 0 Å². The molecule has 0 aromatic heterocycles. The maximum absolute atomic E-state index is 12.3. The van der Waals surface area contributed by atoms with Gasteiger partial charge in [-0.1, -0.05) is 187 Å². The monoisotopic (exact) mass is 568 g/mol. The molecule has 0 aliphatic heterocycles. The molecule has 0 rings (SSSR count). The summed E-state index contributed by atoms with van der Waals surface area (Å²) >= 11 is 0. The molecule has 40 heavy (non-hydrogen) atoms. The standard InChI is InChI=1S/C36H73NO3/c1-3-5-7-9-11-13-15-16-17-18-19-20-21-22-23-25-27-29-31-35(39)34(33-38)37-36(40)32-30-28-26-24-14-12-10-8-6-4-2/h34-35,38-39H,3-33H2,1-2H3,(H,37,40). The third-order valence-electron chi connectivity index (χ3n) is 8.62. The SMILES string of the molecule is CCCCCCCCCCCCCCCCCCCCC(O)C(CO)NC(=O)CCCCCCCCCCCC. The first-order valence-corrected chi connectivity index (χ1v) is 18.2. The lowest BCUT2D eigenvalue weighted by Crippen LogP contribution is -2.45. The number of unbranched alkanes of at least 4 members (excludes halogenated alkanes) is 26. The molecule has 3 N–H and O–H groups in total. The predicted octanol–water partition coefficient (Wildman–Crippen LogP) is 10.6. The minimum absolute atomic E-state index is 0.0320. The molecule has 4 heteroatoms. The molecule has 0 saturated carbocycles. The van der Waals surface area contributed by atoms with E-state index in [1.165, 1.54) is 154 Å². The number of carbonyl (C=O) groups excluding carboxylic acids is 1. The molecule has 4 nitrogen and oxygen atoms in total. The molecule has 0 bridgehead atoms. The molecule has 240 valence electrons. The van der Waals surface area contributed by atoms with Crippen molar-refractivity contribution in [2.45, 2.75) is 219 Å². The summed E-state index contributed by atoms with van der Waals surface area (Å²) in [6, 6.07) is -0.526. The Bertz CT molecular complexity index is 498. The zero-order valence-corrected chi connectivity index (χ0v) is 27.4. The molecule has 0 aliphatic rings. The lowest BCUT2D eigenvalue weighted by Gasteiger charge is -2.22. The van der Waals surface area contributed by atoms with Crippen LogP contribution in [0, 0.1) is 0 Å². The summed E-state index contributed by atoms with van der Waals surface area (Å²) in [7, 11) is 0. The first kappa shape index (κ1) is 39.4. The summed E-state index contributed by atoms with van der Waals surface area (Å²) in [5.41, 5.74) is 0. The second-order valence-corrected chi connectivity index (χ2v) is 12.7. The van der Waals surface area contributed by atoms with Crippen molar-refractivity contribution in [3.05, 3.63) is 0 Å². The van der Waals surface area contributed by atoms with E-state index in [4.69, 9.17) is 0 Å². The number of rotatable bonds is 33. The molecule has 0 saturated heterocycles. The number of amides is 1. The van der Waals surface area contributed by atoms with Crippen LogP contribution < -0.4 is 5.32 Å². The fourth-order valence-corrected chi connectivity index (χ4v) is 5.77. The van der Waals surface area contributed by atoms with Crippen LogP contribution in [0.25, 0.3) is 0 Å². The van der Waals surface area contributed by atoms with E-state index in [2.05, 4.69) is 19.2 Å². The zero-order valence-electron chi connectivity index (χ0n) is 27.4. The van der Waals surface area contributed by atoms with Gasteiger partial charge in [-0.25, -0.2) is 0 Å². The van der Waals surface area contributed by atoms with E-state index in [1.807, 2.05) is 0 Å². The number of hydrogen-bond acceptors (Lipinski definition) is 3. The molecule has 0 heterocycles. The van der Waals surface area contributed by atoms with E-state index in [0.29, 0.717) is 12.8 Å². The highest BCUT2D eigenvalue weighted by Gasteiger charge is 2.19. The van der Waals surface area contributed by atoms with Gasteiger partial charge < -0.3 is 15.5 Å². The van der Waals surface area contributed by atoms with Crippen LogP contribution in [0.15, 0.2) is 0 Å². The van der Waals surface area contributed by atoms with Crippen LogP contribution in [0.5, 0.6) is 0 Å². The Labute approximate surface area is 251 Å². The van der Waals surface area contributed by atoms with Crippen molar-refractivity contribution >= 4 is 5.91 Å². The molecule has 2 unspecified atom stereocenters. The van der Waals surface area contributed by atoms with E-state index >= 15 is 0 Å². The summed E-state index contributed by atoms with van der Waals surface area (Å²) < 4.78 is 0. The summed E-state index contributed by atoms with van der Waals surface area (Å²) in [6.07, 6.45) is 37.3. The Balaban J connectivity index is 3.50. The number of nitrogens with one attached hydrogen (secondary N) is 1. The highest BCUT2D eigenvalue weighted by atomic mass is 16.3. The molecule has 0 spiro atoms. The Morgan fingerprint density at radius 1 is 0.500 bits per heavy atom. The largest absolute Gasteiger partial charge is 0.394 e. The minimum Gasteiger partial charge on any atom is -0.394 e. The molecule has 2 atom stereocenters. The second kappa shape index (κ2) is 32.9. The third-order valence-corrected chi connectivity index (χ3v) is 8.62. The lowest BCUT2D eigenvalue weighted by molar-refractivity contribution is -0.123. The molecule has 0 aliphatic carbocycles. The fraction of sp³-hybridized carbons (Fsp3) is 0.972. The van der Waals surface area contributed by atoms with Crippen molar-refractivity contribution in [2.24, 2.45) is 0 Å². The van der Waals surface area contributed by atoms with E-state index in [1.54, 1.807) is 0 Å². The van der Waals surface area contributed by atoms with Gasteiger partial charge in [0, 0.05) is 6.42 Å². The van der Waals surface area contributed by atoms with Crippen LogP contribution in [0.2, 0.25) is 0 Å². The van der Waals surface area contributed by atoms with Crippen LogP contribution in [0.3, 0.4) is 0 Å². The van der Waals surface area contributed by atoms with Gasteiger partial charge >= 0.3 is 0 Å². The average Bonchev–Trinajstić information content (AvgIpc) is 2.96. The predicted molar refractivity (Wildman–Crippen MR) is 175 cm³/mol. The fourth-order valence-electron chi connectivity index (χ4n) is 5.77. The third kappa shape index (κ3) is 28.9. The van der Waals surface area contributed by atoms with Crippen molar-refractivity contribution in [1.82, 2.24) is 5.32 Å². The van der Waals surface area contributed by atoms with Gasteiger partial charge in [-0.05, 0) is 12.8 Å². The maximum atomic E-state index is 12.3. The van der Waals surface area contributed by atoms with Crippen LogP contribution in [-0.2, 0) is 4.79 Å². The van der Waals surface area contributed by atoms with E-state index in [9.17, 15) is 15.0 Å². The van der Waals surface area contributed by atoms with Crippen molar-refractivity contribution < 1.29 is 15.0 Å². The summed E-state index contributed by atoms with van der Waals surface area (Å²) in [4.78, 5) is 12.3. The summed E-state index contributed by atoms with van der Waals surface area (Å²) in [6.45, 7) is 4.35. The van der Waals surface area contributed by atoms with Crippen LogP contribution in [0.1, 0.15) is 206 Å². The Hall–Kier alpha value is -0.610. The Morgan fingerprint density at radius 3 is 1.12 bits per heavy atom. The van der Waals surface area contributed by atoms with Gasteiger partial charge in [0.05, 0.1) is 18.8 Å². The molecule has 0 fully saturated rings. The number of aliphatic hydroxyl groups excluding tert-OH is 2. The first-order chi connectivity index (χ1) is 19.7. The molecule has 0 radical (unpaired) electrons. The molecule has 0 aromatic carbocycles. The van der Waals surface area contributed by atoms with Crippen LogP contribution >= 0.6 is 0 Å². The highest BCUT2D eigenvalue weighted by molar-refractivity contribution is 5.76. The smallest absolute Gasteiger partial charge is 0.220 e. The maximum Gasteiger partial charge on any atom is 0.220 e. The first-order valence-electron chi connectivity index (χ1n) is 18.2. The Morgan fingerprint density at radius 2 is 0.800 bits per heavy atom. The molecular formula is C36H73NO3. The quantitative estimate of drug-likeness (QED) is 0.0691. The van der Waals surface area contributed by atoms with Gasteiger partial charge in [0.15, 0.2) is 0 Å². The van der Waals surface area contributed by atoms with Crippen molar-refractivity contribution in [2.75, 3.05) is 6.61 Å². The van der Waals surface area contributed by atoms with Crippen molar-refractivity contribution in [1.29, 1.82) is 0 Å². The molecular weight excluding hydrogens is 494 g/mol. The number of aliphatic hydroxyl groups is 2. The summed E-state index contributed by atoms with van der Waals surface area (Å²) in [5, 5.41) is 23.0. The highest BCUT2D eigenvalue weighted by Crippen LogP contribution is 2.16. The zero-order chi connectivity index (χ0) is 29.4. The normalized spacial score (nSPS) is 13.0. The van der Waals surface area contributed by atoms with Gasteiger partial charge in [0.2, 0.25) is 5.91 Å². The van der Waals surface area contributed by atoms with Gasteiger partial charge in [-0.3, -0.25) is 4.79 Å². The molecule has 0 aromatic rings. The Kier molecular flexibility index (Phi) is 32.4. The minimum atomic E-state index is -0.650. The molecule has 1 amide bonds.